The summed E-state index contributed by atoms with van der Waals surface area (Å²) in [6.07, 6.45) is 0.875. The molecule has 164 valence electrons. The van der Waals surface area contributed by atoms with E-state index >= 15 is 0 Å². The lowest BCUT2D eigenvalue weighted by molar-refractivity contribution is -0.0113. The highest BCUT2D eigenvalue weighted by Gasteiger charge is 2.24. The van der Waals surface area contributed by atoms with Gasteiger partial charge in [0.15, 0.2) is 6.23 Å². The standard InChI is InChI=1S/C25H29ClN2O3/c1-4-24(28-13-11-27(12-14-28)16-19-5-7-20(26)8-6-19)30-21-9-10-22-17(2)18(3)25(29)31-23(22)15-21/h5-10,15,24H,4,11-14,16H2,1-3H3. The predicted molar refractivity (Wildman–Crippen MR) is 125 cm³/mol. The SMILES string of the molecule is CCC(Oc1ccc2c(C)c(C)c(=O)oc2c1)N1CCN(Cc2ccc(Cl)cc2)CC1. The van der Waals surface area contributed by atoms with Crippen molar-refractivity contribution >= 4 is 22.6 Å². The number of aryl methyl sites for hydroxylation is 1. The summed E-state index contributed by atoms with van der Waals surface area (Å²) in [5, 5.41) is 1.73. The third-order valence-corrected chi connectivity index (χ3v) is 6.44. The second-order valence-corrected chi connectivity index (χ2v) is 8.65. The Hall–Kier alpha value is -2.34. The van der Waals surface area contributed by atoms with Gasteiger partial charge in [0.2, 0.25) is 0 Å². The van der Waals surface area contributed by atoms with Gasteiger partial charge in [-0.3, -0.25) is 9.80 Å². The van der Waals surface area contributed by atoms with E-state index in [4.69, 9.17) is 20.8 Å². The van der Waals surface area contributed by atoms with Crippen molar-refractivity contribution in [2.75, 3.05) is 26.2 Å². The second kappa shape index (κ2) is 9.43. The molecule has 2 aromatic carbocycles. The first-order valence-electron chi connectivity index (χ1n) is 10.9. The second-order valence-electron chi connectivity index (χ2n) is 8.22. The summed E-state index contributed by atoms with van der Waals surface area (Å²) in [5.41, 5.74) is 3.19. The van der Waals surface area contributed by atoms with Crippen molar-refractivity contribution in [3.8, 4) is 5.75 Å². The lowest BCUT2D eigenvalue weighted by Crippen LogP contribution is -2.51. The molecule has 6 heteroatoms. The molecule has 1 aliphatic heterocycles. The molecule has 1 saturated heterocycles. The van der Waals surface area contributed by atoms with Crippen molar-refractivity contribution in [1.82, 2.24) is 9.80 Å². The molecule has 31 heavy (non-hydrogen) atoms. The Kier molecular flexibility index (Phi) is 6.65. The smallest absolute Gasteiger partial charge is 0.339 e. The number of rotatable bonds is 6. The molecular weight excluding hydrogens is 412 g/mol. The van der Waals surface area contributed by atoms with E-state index in [9.17, 15) is 4.79 Å². The summed E-state index contributed by atoms with van der Waals surface area (Å²) in [6, 6.07) is 13.9. The molecule has 0 spiro atoms. The molecule has 1 unspecified atom stereocenters. The van der Waals surface area contributed by atoms with Gasteiger partial charge in [0, 0.05) is 54.8 Å². The topological polar surface area (TPSA) is 45.9 Å². The van der Waals surface area contributed by atoms with E-state index in [1.54, 1.807) is 6.92 Å². The van der Waals surface area contributed by atoms with Crippen LogP contribution in [0.2, 0.25) is 5.02 Å². The largest absolute Gasteiger partial charge is 0.475 e. The highest BCUT2D eigenvalue weighted by atomic mass is 35.5. The van der Waals surface area contributed by atoms with Crippen LogP contribution in [-0.2, 0) is 6.54 Å². The molecule has 5 nitrogen and oxygen atoms in total. The van der Waals surface area contributed by atoms with Gasteiger partial charge in [-0.25, -0.2) is 4.79 Å². The third-order valence-electron chi connectivity index (χ3n) is 6.18. The van der Waals surface area contributed by atoms with Crippen molar-refractivity contribution < 1.29 is 9.15 Å². The maximum Gasteiger partial charge on any atom is 0.339 e. The first-order chi connectivity index (χ1) is 14.9. The average molecular weight is 441 g/mol. The van der Waals surface area contributed by atoms with E-state index in [1.165, 1.54) is 5.56 Å². The predicted octanol–water partition coefficient (Wildman–Crippen LogP) is 5.00. The maximum absolute atomic E-state index is 12.0. The number of halogens is 1. The normalized spacial score (nSPS) is 16.5. The number of nitrogens with zero attached hydrogens (tertiary/aromatic N) is 2. The van der Waals surface area contributed by atoms with Gasteiger partial charge in [-0.05, 0) is 55.7 Å². The Labute approximate surface area is 188 Å². The minimum atomic E-state index is -0.286. The minimum Gasteiger partial charge on any atom is -0.475 e. The van der Waals surface area contributed by atoms with Gasteiger partial charge >= 0.3 is 5.63 Å². The molecule has 2 heterocycles. The van der Waals surface area contributed by atoms with Crippen LogP contribution in [-0.4, -0.2) is 42.2 Å². The van der Waals surface area contributed by atoms with Crippen LogP contribution in [0.3, 0.4) is 0 Å². The van der Waals surface area contributed by atoms with E-state index in [2.05, 4.69) is 28.9 Å². The number of ether oxygens (including phenoxy) is 1. The van der Waals surface area contributed by atoms with E-state index in [1.807, 2.05) is 37.3 Å². The summed E-state index contributed by atoms with van der Waals surface area (Å²) in [5.74, 6) is 0.731. The summed E-state index contributed by atoms with van der Waals surface area (Å²) in [7, 11) is 0. The number of benzene rings is 2. The molecule has 0 aliphatic carbocycles. The van der Waals surface area contributed by atoms with E-state index in [-0.39, 0.29) is 11.9 Å². The van der Waals surface area contributed by atoms with Crippen LogP contribution < -0.4 is 10.4 Å². The van der Waals surface area contributed by atoms with Crippen molar-refractivity contribution in [2.45, 2.75) is 40.0 Å². The summed E-state index contributed by atoms with van der Waals surface area (Å²) in [4.78, 5) is 16.9. The fourth-order valence-electron chi connectivity index (χ4n) is 4.13. The monoisotopic (exact) mass is 440 g/mol. The lowest BCUT2D eigenvalue weighted by atomic mass is 10.1. The minimum absolute atomic E-state index is 0.00611. The summed E-state index contributed by atoms with van der Waals surface area (Å²) >= 11 is 5.99. The molecule has 1 aliphatic rings. The third kappa shape index (κ3) is 4.95. The van der Waals surface area contributed by atoms with Crippen LogP contribution in [0.25, 0.3) is 11.0 Å². The molecule has 4 rings (SSSR count). The molecular formula is C25H29ClN2O3. The Morgan fingerprint density at radius 3 is 2.42 bits per heavy atom. The first-order valence-corrected chi connectivity index (χ1v) is 11.2. The summed E-state index contributed by atoms with van der Waals surface area (Å²) in [6.45, 7) is 10.7. The Bertz CT molecular complexity index is 1100. The molecule has 1 aromatic heterocycles. The highest BCUT2D eigenvalue weighted by Crippen LogP contribution is 2.26. The number of fused-ring (bicyclic) bond motifs is 1. The van der Waals surface area contributed by atoms with Crippen LogP contribution in [0.15, 0.2) is 51.7 Å². The molecule has 0 saturated carbocycles. The fraction of sp³-hybridized carbons (Fsp3) is 0.400. The van der Waals surface area contributed by atoms with Gasteiger partial charge < -0.3 is 9.15 Å². The van der Waals surface area contributed by atoms with Crippen LogP contribution in [0, 0.1) is 13.8 Å². The van der Waals surface area contributed by atoms with E-state index in [0.29, 0.717) is 11.1 Å². The fourth-order valence-corrected chi connectivity index (χ4v) is 4.26. The van der Waals surface area contributed by atoms with Crippen LogP contribution in [0.5, 0.6) is 5.75 Å². The molecule has 3 aromatic rings. The Balaban J connectivity index is 1.40. The van der Waals surface area contributed by atoms with Crippen LogP contribution in [0.4, 0.5) is 0 Å². The van der Waals surface area contributed by atoms with Crippen molar-refractivity contribution in [2.24, 2.45) is 0 Å². The molecule has 0 radical (unpaired) electrons. The maximum atomic E-state index is 12.0. The summed E-state index contributed by atoms with van der Waals surface area (Å²) < 4.78 is 11.8. The average Bonchev–Trinajstić information content (AvgIpc) is 2.78. The van der Waals surface area contributed by atoms with Crippen LogP contribution in [0.1, 0.15) is 30.0 Å². The van der Waals surface area contributed by atoms with Gasteiger partial charge in [0.05, 0.1) is 0 Å². The highest BCUT2D eigenvalue weighted by molar-refractivity contribution is 6.30. The molecule has 0 N–H and O–H groups in total. The Morgan fingerprint density at radius 2 is 1.74 bits per heavy atom. The van der Waals surface area contributed by atoms with Crippen molar-refractivity contribution in [3.05, 3.63) is 74.6 Å². The molecule has 0 bridgehead atoms. The number of hydrogen-bond donors (Lipinski definition) is 0. The van der Waals surface area contributed by atoms with E-state index in [0.717, 1.165) is 60.9 Å². The molecule has 1 fully saturated rings. The van der Waals surface area contributed by atoms with Gasteiger partial charge in [0.25, 0.3) is 0 Å². The Morgan fingerprint density at radius 1 is 1.03 bits per heavy atom. The van der Waals surface area contributed by atoms with E-state index < -0.39 is 0 Å². The van der Waals surface area contributed by atoms with Gasteiger partial charge in [-0.2, -0.15) is 0 Å². The van der Waals surface area contributed by atoms with Gasteiger partial charge in [-0.1, -0.05) is 30.7 Å². The van der Waals surface area contributed by atoms with Gasteiger partial charge in [-0.15, -0.1) is 0 Å². The molecule has 0 amide bonds. The quantitative estimate of drug-likeness (QED) is 0.505. The zero-order chi connectivity index (χ0) is 22.0. The van der Waals surface area contributed by atoms with Crippen molar-refractivity contribution in [1.29, 1.82) is 0 Å². The zero-order valence-corrected chi connectivity index (χ0v) is 19.1. The van der Waals surface area contributed by atoms with Crippen molar-refractivity contribution in [3.63, 3.8) is 0 Å². The molecule has 1 atom stereocenters. The first kappa shape index (κ1) is 21.9. The lowest BCUT2D eigenvalue weighted by Gasteiger charge is -2.38. The zero-order valence-electron chi connectivity index (χ0n) is 18.4. The van der Waals surface area contributed by atoms with Crippen LogP contribution >= 0.6 is 11.6 Å². The number of hydrogen-bond acceptors (Lipinski definition) is 5. The van der Waals surface area contributed by atoms with Gasteiger partial charge in [0.1, 0.15) is 11.3 Å². The number of piperazine rings is 1.